The van der Waals surface area contributed by atoms with Gasteiger partial charge in [-0.15, -0.1) is 0 Å². The molecule has 1 atom stereocenters. The molecule has 0 aromatic carbocycles. The van der Waals surface area contributed by atoms with E-state index in [1.807, 2.05) is 6.07 Å². The minimum atomic E-state index is 0.443. The average Bonchev–Trinajstić information content (AvgIpc) is 2.98. The zero-order valence-electron chi connectivity index (χ0n) is 10.3. The zero-order chi connectivity index (χ0) is 12.4. The molecular formula is C12H16N4O2. The van der Waals surface area contributed by atoms with Crippen molar-refractivity contribution in [3.05, 3.63) is 24.2 Å². The topological polar surface area (TPSA) is 67.3 Å². The van der Waals surface area contributed by atoms with Crippen LogP contribution in [0.5, 0.6) is 0 Å². The van der Waals surface area contributed by atoms with E-state index >= 15 is 0 Å². The molecule has 6 heteroatoms. The first kappa shape index (κ1) is 11.4. The van der Waals surface area contributed by atoms with Gasteiger partial charge in [0.2, 0.25) is 0 Å². The summed E-state index contributed by atoms with van der Waals surface area (Å²) in [6.07, 6.45) is 1.59. The van der Waals surface area contributed by atoms with Gasteiger partial charge in [0, 0.05) is 25.7 Å². The number of hydrogen-bond acceptors (Lipinski definition) is 6. The van der Waals surface area contributed by atoms with E-state index in [0.717, 1.165) is 26.2 Å². The van der Waals surface area contributed by atoms with Crippen LogP contribution in [0.25, 0.3) is 11.7 Å². The predicted octanol–water partition coefficient (Wildman–Crippen LogP) is 1.12. The van der Waals surface area contributed by atoms with Gasteiger partial charge in [0.1, 0.15) is 0 Å². The van der Waals surface area contributed by atoms with Crippen LogP contribution in [0.2, 0.25) is 0 Å². The van der Waals surface area contributed by atoms with Gasteiger partial charge in [-0.2, -0.15) is 4.98 Å². The molecule has 3 heterocycles. The maximum atomic E-state index is 5.22. The Morgan fingerprint density at radius 1 is 1.56 bits per heavy atom. The molecule has 96 valence electrons. The first-order valence-electron chi connectivity index (χ1n) is 6.13. The number of rotatable bonds is 3. The fraction of sp³-hybridized carbons (Fsp3) is 0.500. The van der Waals surface area contributed by atoms with Crippen LogP contribution < -0.4 is 5.32 Å². The Bertz CT molecular complexity index is 494. The van der Waals surface area contributed by atoms with Gasteiger partial charge in [-0.05, 0) is 19.1 Å². The lowest BCUT2D eigenvalue weighted by Crippen LogP contribution is -2.48. The normalized spacial score (nSPS) is 21.3. The van der Waals surface area contributed by atoms with Crippen molar-refractivity contribution in [1.29, 1.82) is 0 Å². The summed E-state index contributed by atoms with van der Waals surface area (Å²) in [4.78, 5) is 6.66. The molecule has 1 N–H and O–H groups in total. The summed E-state index contributed by atoms with van der Waals surface area (Å²) >= 11 is 0. The lowest BCUT2D eigenvalue weighted by molar-refractivity contribution is 0.193. The van der Waals surface area contributed by atoms with Crippen LogP contribution in [0.3, 0.4) is 0 Å². The third-order valence-electron chi connectivity index (χ3n) is 3.02. The molecule has 0 spiro atoms. The lowest BCUT2D eigenvalue weighted by Gasteiger charge is -2.30. The van der Waals surface area contributed by atoms with Gasteiger partial charge in [-0.25, -0.2) is 0 Å². The fourth-order valence-electron chi connectivity index (χ4n) is 2.17. The monoisotopic (exact) mass is 248 g/mol. The highest BCUT2D eigenvalue weighted by Crippen LogP contribution is 2.17. The Kier molecular flexibility index (Phi) is 3.12. The molecule has 1 saturated heterocycles. The fourth-order valence-corrected chi connectivity index (χ4v) is 2.17. The molecule has 1 aliphatic heterocycles. The van der Waals surface area contributed by atoms with Crippen LogP contribution in [0.15, 0.2) is 27.3 Å². The van der Waals surface area contributed by atoms with E-state index < -0.39 is 0 Å². The van der Waals surface area contributed by atoms with E-state index in [4.69, 9.17) is 8.94 Å². The van der Waals surface area contributed by atoms with E-state index in [-0.39, 0.29) is 0 Å². The van der Waals surface area contributed by atoms with Crippen LogP contribution in [0.1, 0.15) is 12.7 Å². The Labute approximate surface area is 105 Å². The minimum absolute atomic E-state index is 0.443. The van der Waals surface area contributed by atoms with Crippen molar-refractivity contribution >= 4 is 0 Å². The SMILES string of the molecule is C[C@@H]1CN(Cc2noc(-c3ccco3)n2)CCN1. The summed E-state index contributed by atoms with van der Waals surface area (Å²) in [5, 5.41) is 7.39. The molecule has 6 nitrogen and oxygen atoms in total. The summed E-state index contributed by atoms with van der Waals surface area (Å²) < 4.78 is 10.4. The Balaban J connectivity index is 1.66. The highest BCUT2D eigenvalue weighted by molar-refractivity contribution is 5.42. The molecule has 2 aromatic rings. The first-order chi connectivity index (χ1) is 8.81. The van der Waals surface area contributed by atoms with Crippen molar-refractivity contribution in [2.45, 2.75) is 19.5 Å². The Morgan fingerprint density at radius 3 is 3.28 bits per heavy atom. The van der Waals surface area contributed by atoms with Crippen LogP contribution in [-0.2, 0) is 6.54 Å². The molecule has 0 radical (unpaired) electrons. The molecule has 1 fully saturated rings. The van der Waals surface area contributed by atoms with Gasteiger partial charge >= 0.3 is 0 Å². The van der Waals surface area contributed by atoms with Crippen LogP contribution >= 0.6 is 0 Å². The lowest BCUT2D eigenvalue weighted by atomic mass is 10.2. The molecule has 18 heavy (non-hydrogen) atoms. The van der Waals surface area contributed by atoms with Crippen molar-refractivity contribution in [3.63, 3.8) is 0 Å². The summed E-state index contributed by atoms with van der Waals surface area (Å²) in [6, 6.07) is 4.12. The highest BCUT2D eigenvalue weighted by Gasteiger charge is 2.18. The van der Waals surface area contributed by atoms with Gasteiger partial charge < -0.3 is 14.3 Å². The number of nitrogens with zero attached hydrogens (tertiary/aromatic N) is 3. The molecule has 0 aliphatic carbocycles. The van der Waals surface area contributed by atoms with Crippen LogP contribution in [0.4, 0.5) is 0 Å². The number of piperazine rings is 1. The number of nitrogens with one attached hydrogen (secondary N) is 1. The standard InChI is InChI=1S/C12H16N4O2/c1-9-7-16(5-4-13-9)8-11-14-12(18-15-11)10-3-2-6-17-10/h2-3,6,9,13H,4-5,7-8H2,1H3/t9-/m1/s1. The second-order valence-corrected chi connectivity index (χ2v) is 4.58. The Hall–Kier alpha value is -1.66. The molecular weight excluding hydrogens is 232 g/mol. The van der Waals surface area contributed by atoms with E-state index in [2.05, 4.69) is 27.3 Å². The quantitative estimate of drug-likeness (QED) is 0.878. The largest absolute Gasteiger partial charge is 0.459 e. The van der Waals surface area contributed by atoms with Gasteiger partial charge in [0.15, 0.2) is 11.6 Å². The van der Waals surface area contributed by atoms with Crippen LogP contribution in [0, 0.1) is 0 Å². The van der Waals surface area contributed by atoms with E-state index in [1.54, 1.807) is 12.3 Å². The van der Waals surface area contributed by atoms with Gasteiger partial charge in [-0.1, -0.05) is 5.16 Å². The molecule has 2 aromatic heterocycles. The van der Waals surface area contributed by atoms with Gasteiger partial charge in [-0.3, -0.25) is 4.90 Å². The minimum Gasteiger partial charge on any atom is -0.459 e. The van der Waals surface area contributed by atoms with E-state index in [1.165, 1.54) is 0 Å². The van der Waals surface area contributed by atoms with Crippen molar-refractivity contribution in [2.75, 3.05) is 19.6 Å². The summed E-state index contributed by atoms with van der Waals surface area (Å²) in [5.74, 6) is 1.76. The van der Waals surface area contributed by atoms with Gasteiger partial charge in [0.25, 0.3) is 5.89 Å². The molecule has 3 rings (SSSR count). The molecule has 0 saturated carbocycles. The predicted molar refractivity (Wildman–Crippen MR) is 64.7 cm³/mol. The Morgan fingerprint density at radius 2 is 2.50 bits per heavy atom. The third-order valence-corrected chi connectivity index (χ3v) is 3.02. The average molecular weight is 248 g/mol. The summed E-state index contributed by atoms with van der Waals surface area (Å²) in [5.41, 5.74) is 0. The number of aromatic nitrogens is 2. The smallest absolute Gasteiger partial charge is 0.293 e. The van der Waals surface area contributed by atoms with Crippen LogP contribution in [-0.4, -0.2) is 40.7 Å². The van der Waals surface area contributed by atoms with Crippen molar-refractivity contribution in [3.8, 4) is 11.7 Å². The number of furan rings is 1. The van der Waals surface area contributed by atoms with Crippen molar-refractivity contribution in [2.24, 2.45) is 0 Å². The van der Waals surface area contributed by atoms with Gasteiger partial charge in [0.05, 0.1) is 12.8 Å². The molecule has 1 aliphatic rings. The summed E-state index contributed by atoms with van der Waals surface area (Å²) in [6.45, 7) is 5.91. The third kappa shape index (κ3) is 2.44. The maximum absolute atomic E-state index is 5.22. The molecule has 0 bridgehead atoms. The molecule has 0 amide bonds. The second-order valence-electron chi connectivity index (χ2n) is 4.58. The zero-order valence-corrected chi connectivity index (χ0v) is 10.3. The second kappa shape index (κ2) is 4.91. The van der Waals surface area contributed by atoms with Crippen molar-refractivity contribution < 1.29 is 8.94 Å². The highest BCUT2D eigenvalue weighted by atomic mass is 16.5. The van der Waals surface area contributed by atoms with E-state index in [0.29, 0.717) is 23.5 Å². The first-order valence-corrected chi connectivity index (χ1v) is 6.13. The maximum Gasteiger partial charge on any atom is 0.293 e. The van der Waals surface area contributed by atoms with Crippen molar-refractivity contribution in [1.82, 2.24) is 20.4 Å². The summed E-state index contributed by atoms with van der Waals surface area (Å²) in [7, 11) is 0. The van der Waals surface area contributed by atoms with E-state index in [9.17, 15) is 0 Å². The number of hydrogen-bond donors (Lipinski definition) is 1. The molecule has 0 unspecified atom stereocenters.